The summed E-state index contributed by atoms with van der Waals surface area (Å²) in [4.78, 5) is 0. The molecule has 1 aliphatic heterocycles. The molecule has 2 aromatic carbocycles. The molecule has 1 saturated heterocycles. The van der Waals surface area contributed by atoms with Gasteiger partial charge in [-0.2, -0.15) is 8.42 Å². The summed E-state index contributed by atoms with van der Waals surface area (Å²) in [6.07, 6.45) is 2.49. The van der Waals surface area contributed by atoms with E-state index in [1.165, 1.54) is 0 Å². The molecular weight excluding hydrogens is 368 g/mol. The Bertz CT molecular complexity index is 767. The third-order valence-corrected chi connectivity index (χ3v) is 5.74. The number of fused-ring (bicyclic) bond motifs is 1. The molecule has 0 saturated carbocycles. The van der Waals surface area contributed by atoms with Crippen molar-refractivity contribution in [2.24, 2.45) is 0 Å². The first-order chi connectivity index (χ1) is 10.6. The largest absolute Gasteiger partial charge is 0.381 e. The molecule has 2 aromatic rings. The minimum Gasteiger partial charge on any atom is -0.381 e. The minimum atomic E-state index is -3.68. The lowest BCUT2D eigenvalue weighted by atomic mass is 10.1. The molecular formula is C16H17BrO4S. The maximum atomic E-state index is 12.2. The average molecular weight is 385 g/mol. The Morgan fingerprint density at radius 1 is 1.18 bits per heavy atom. The van der Waals surface area contributed by atoms with Crippen molar-refractivity contribution in [3.05, 3.63) is 40.9 Å². The monoisotopic (exact) mass is 384 g/mol. The number of rotatable bonds is 4. The Morgan fingerprint density at radius 3 is 2.77 bits per heavy atom. The van der Waals surface area contributed by atoms with Crippen LogP contribution in [0.4, 0.5) is 0 Å². The summed E-state index contributed by atoms with van der Waals surface area (Å²) < 4.78 is 35.9. The maximum absolute atomic E-state index is 12.2. The van der Waals surface area contributed by atoms with Gasteiger partial charge in [-0.3, -0.25) is 0 Å². The second-order valence-corrected chi connectivity index (χ2v) is 7.80. The molecule has 118 valence electrons. The predicted octanol–water partition coefficient (Wildman–Crippen LogP) is 3.88. The number of benzene rings is 2. The number of halogens is 1. The summed E-state index contributed by atoms with van der Waals surface area (Å²) in [6.45, 7) is 0.625. The van der Waals surface area contributed by atoms with Crippen LogP contribution in [-0.2, 0) is 14.9 Å². The van der Waals surface area contributed by atoms with Crippen LogP contribution in [0.2, 0.25) is 0 Å². The number of hydrogen-bond acceptors (Lipinski definition) is 4. The van der Waals surface area contributed by atoms with E-state index in [0.29, 0.717) is 16.8 Å². The predicted molar refractivity (Wildman–Crippen MR) is 89.7 cm³/mol. The van der Waals surface area contributed by atoms with Crippen LogP contribution in [0.5, 0.6) is 5.75 Å². The van der Waals surface area contributed by atoms with Crippen molar-refractivity contribution in [1.82, 2.24) is 0 Å². The molecule has 4 nitrogen and oxygen atoms in total. The molecule has 1 fully saturated rings. The van der Waals surface area contributed by atoms with Gasteiger partial charge in [0.2, 0.25) is 0 Å². The second kappa shape index (κ2) is 6.56. The molecule has 6 heteroatoms. The van der Waals surface area contributed by atoms with Crippen molar-refractivity contribution in [3.8, 4) is 5.75 Å². The van der Waals surface area contributed by atoms with Crippen molar-refractivity contribution >= 4 is 36.8 Å². The third-order valence-electron chi connectivity index (χ3n) is 3.71. The summed E-state index contributed by atoms with van der Waals surface area (Å²) in [7, 11) is -3.68. The van der Waals surface area contributed by atoms with Crippen LogP contribution in [-0.4, -0.2) is 26.9 Å². The van der Waals surface area contributed by atoms with E-state index in [1.54, 1.807) is 6.07 Å². The quantitative estimate of drug-likeness (QED) is 0.750. The van der Waals surface area contributed by atoms with Gasteiger partial charge < -0.3 is 8.92 Å². The zero-order valence-corrected chi connectivity index (χ0v) is 14.4. The molecule has 0 spiro atoms. The van der Waals surface area contributed by atoms with Crippen LogP contribution in [0.3, 0.4) is 0 Å². The zero-order chi connectivity index (χ0) is 15.6. The smallest absolute Gasteiger partial charge is 0.311 e. The normalized spacial score (nSPS) is 19.2. The molecule has 0 amide bonds. The Kier molecular flexibility index (Phi) is 4.70. The van der Waals surface area contributed by atoms with Gasteiger partial charge in [0.15, 0.2) is 5.75 Å². The van der Waals surface area contributed by atoms with Crippen molar-refractivity contribution < 1.29 is 17.3 Å². The first kappa shape index (κ1) is 15.8. The highest BCUT2D eigenvalue weighted by Gasteiger charge is 2.24. The van der Waals surface area contributed by atoms with E-state index < -0.39 is 10.1 Å². The van der Waals surface area contributed by atoms with E-state index in [9.17, 15) is 8.42 Å². The van der Waals surface area contributed by atoms with Gasteiger partial charge in [0.25, 0.3) is 0 Å². The second-order valence-electron chi connectivity index (χ2n) is 5.40. The molecule has 1 heterocycles. The van der Waals surface area contributed by atoms with Gasteiger partial charge in [0.05, 0.1) is 10.6 Å². The summed E-state index contributed by atoms with van der Waals surface area (Å²) in [5.41, 5.74) is 0. The van der Waals surface area contributed by atoms with Gasteiger partial charge in [-0.1, -0.05) is 30.3 Å². The first-order valence-corrected chi connectivity index (χ1v) is 9.63. The number of ether oxygens (including phenoxy) is 1. The molecule has 1 unspecified atom stereocenters. The topological polar surface area (TPSA) is 52.6 Å². The SMILES string of the molecule is O=S(=O)(CC1CCCCO1)Oc1ccc2ccccc2c1Br. The Balaban J connectivity index is 1.81. The minimum absolute atomic E-state index is 0.105. The Hall–Kier alpha value is -1.11. The van der Waals surface area contributed by atoms with Crippen LogP contribution in [0.1, 0.15) is 19.3 Å². The first-order valence-electron chi connectivity index (χ1n) is 7.26. The fourth-order valence-corrected chi connectivity index (χ4v) is 4.50. The van der Waals surface area contributed by atoms with Gasteiger partial charge in [-0.15, -0.1) is 0 Å². The lowest BCUT2D eigenvalue weighted by Crippen LogP contribution is -2.30. The van der Waals surface area contributed by atoms with Gasteiger partial charge in [0.1, 0.15) is 5.75 Å². The van der Waals surface area contributed by atoms with E-state index in [2.05, 4.69) is 15.9 Å². The third kappa shape index (κ3) is 3.62. The fourth-order valence-electron chi connectivity index (χ4n) is 2.62. The highest BCUT2D eigenvalue weighted by Crippen LogP contribution is 2.34. The molecule has 0 radical (unpaired) electrons. The molecule has 0 N–H and O–H groups in total. The van der Waals surface area contributed by atoms with Crippen LogP contribution in [0.25, 0.3) is 10.8 Å². The lowest BCUT2D eigenvalue weighted by molar-refractivity contribution is 0.0298. The van der Waals surface area contributed by atoms with Gasteiger partial charge in [-0.25, -0.2) is 0 Å². The van der Waals surface area contributed by atoms with Crippen LogP contribution in [0.15, 0.2) is 40.9 Å². The van der Waals surface area contributed by atoms with Crippen LogP contribution in [0, 0.1) is 0 Å². The Morgan fingerprint density at radius 2 is 2.00 bits per heavy atom. The van der Waals surface area contributed by atoms with Crippen molar-refractivity contribution in [3.63, 3.8) is 0 Å². The standard InChI is InChI=1S/C16H17BrO4S/c17-16-14-7-2-1-5-12(14)8-9-15(16)21-22(18,19)11-13-6-3-4-10-20-13/h1-2,5,7-9,13H,3-4,6,10-11H2. The van der Waals surface area contributed by atoms with E-state index in [-0.39, 0.29) is 11.9 Å². The van der Waals surface area contributed by atoms with Gasteiger partial charge in [-0.05, 0) is 52.0 Å². The molecule has 3 rings (SSSR count). The van der Waals surface area contributed by atoms with Gasteiger partial charge >= 0.3 is 10.1 Å². The molecule has 0 aliphatic carbocycles. The van der Waals surface area contributed by atoms with E-state index in [0.717, 1.165) is 30.0 Å². The van der Waals surface area contributed by atoms with Crippen LogP contribution >= 0.6 is 15.9 Å². The summed E-state index contributed by atoms with van der Waals surface area (Å²) in [6, 6.07) is 11.2. The fraction of sp³-hybridized carbons (Fsp3) is 0.375. The summed E-state index contributed by atoms with van der Waals surface area (Å²) >= 11 is 3.44. The highest BCUT2D eigenvalue weighted by atomic mass is 79.9. The molecule has 0 aromatic heterocycles. The van der Waals surface area contributed by atoms with Gasteiger partial charge in [0, 0.05) is 6.61 Å². The van der Waals surface area contributed by atoms with Crippen molar-refractivity contribution in [2.75, 3.05) is 12.4 Å². The highest BCUT2D eigenvalue weighted by molar-refractivity contribution is 9.10. The molecule has 1 aliphatic rings. The van der Waals surface area contributed by atoms with E-state index in [4.69, 9.17) is 8.92 Å². The van der Waals surface area contributed by atoms with Crippen molar-refractivity contribution in [2.45, 2.75) is 25.4 Å². The molecule has 1 atom stereocenters. The van der Waals surface area contributed by atoms with E-state index >= 15 is 0 Å². The zero-order valence-electron chi connectivity index (χ0n) is 12.0. The maximum Gasteiger partial charge on any atom is 0.311 e. The average Bonchev–Trinajstić information content (AvgIpc) is 2.51. The lowest BCUT2D eigenvalue weighted by Gasteiger charge is -2.22. The van der Waals surface area contributed by atoms with Crippen molar-refractivity contribution in [1.29, 1.82) is 0 Å². The van der Waals surface area contributed by atoms with E-state index in [1.807, 2.05) is 30.3 Å². The van der Waals surface area contributed by atoms with Crippen LogP contribution < -0.4 is 4.18 Å². The Labute approximate surface area is 138 Å². The number of hydrogen-bond donors (Lipinski definition) is 0. The summed E-state index contributed by atoms with van der Waals surface area (Å²) in [5.74, 6) is 0.209. The summed E-state index contributed by atoms with van der Waals surface area (Å²) in [5, 5.41) is 1.94. The molecule has 0 bridgehead atoms. The molecule has 22 heavy (non-hydrogen) atoms.